The van der Waals surface area contributed by atoms with Gasteiger partial charge >= 0.3 is 0 Å². The maximum Gasteiger partial charge on any atom is 0.275 e. The fraction of sp³-hybridized carbons (Fsp3) is 0.0556. The first-order chi connectivity index (χ1) is 13.1. The lowest BCUT2D eigenvalue weighted by Gasteiger charge is -2.08. The standard InChI is InChI=1S/C18H13ClN6OS/c1-11-7-14(5-6-16(11)25-10-20-23-24-25)21-17(26)15-9-27-18(22-15)12-3-2-4-13(19)8-12/h2-10H,1H3,(H,21,26). The number of carbonyl (C=O) groups excluding carboxylic acids is 1. The van der Waals surface area contributed by atoms with Crippen LogP contribution >= 0.6 is 22.9 Å². The van der Waals surface area contributed by atoms with Crippen LogP contribution in [0.3, 0.4) is 0 Å². The van der Waals surface area contributed by atoms with Gasteiger partial charge in [0, 0.05) is 21.7 Å². The van der Waals surface area contributed by atoms with Crippen LogP contribution in [0, 0.1) is 6.92 Å². The summed E-state index contributed by atoms with van der Waals surface area (Å²) < 4.78 is 1.57. The molecule has 0 radical (unpaired) electrons. The molecule has 1 N–H and O–H groups in total. The van der Waals surface area contributed by atoms with Crippen molar-refractivity contribution in [3.05, 3.63) is 70.5 Å². The van der Waals surface area contributed by atoms with Crippen molar-refractivity contribution < 1.29 is 4.79 Å². The average Bonchev–Trinajstić information content (AvgIpc) is 3.34. The number of anilines is 1. The topological polar surface area (TPSA) is 85.6 Å². The summed E-state index contributed by atoms with van der Waals surface area (Å²) in [4.78, 5) is 16.9. The molecule has 134 valence electrons. The number of benzene rings is 2. The van der Waals surface area contributed by atoms with E-state index in [1.807, 2.05) is 37.3 Å². The Morgan fingerprint density at radius 3 is 2.85 bits per heavy atom. The van der Waals surface area contributed by atoms with E-state index in [-0.39, 0.29) is 5.91 Å². The number of carbonyl (C=O) groups is 1. The van der Waals surface area contributed by atoms with E-state index >= 15 is 0 Å². The molecule has 27 heavy (non-hydrogen) atoms. The van der Waals surface area contributed by atoms with Gasteiger partial charge in [-0.25, -0.2) is 9.67 Å². The maximum absolute atomic E-state index is 12.5. The smallest absolute Gasteiger partial charge is 0.275 e. The number of nitrogens with one attached hydrogen (secondary N) is 1. The van der Waals surface area contributed by atoms with Crippen LogP contribution in [-0.4, -0.2) is 31.1 Å². The van der Waals surface area contributed by atoms with Crippen molar-refractivity contribution in [2.45, 2.75) is 6.92 Å². The third-order valence-electron chi connectivity index (χ3n) is 3.86. The SMILES string of the molecule is Cc1cc(NC(=O)c2csc(-c3cccc(Cl)c3)n2)ccc1-n1cnnn1. The molecule has 0 unspecified atom stereocenters. The van der Waals surface area contributed by atoms with E-state index in [0.29, 0.717) is 16.4 Å². The first-order valence-electron chi connectivity index (χ1n) is 7.97. The molecule has 1 amide bonds. The summed E-state index contributed by atoms with van der Waals surface area (Å²) in [6.45, 7) is 1.92. The number of rotatable bonds is 4. The van der Waals surface area contributed by atoms with Crippen LogP contribution in [0.2, 0.25) is 5.02 Å². The fourth-order valence-electron chi connectivity index (χ4n) is 2.59. The first-order valence-corrected chi connectivity index (χ1v) is 9.23. The summed E-state index contributed by atoms with van der Waals surface area (Å²) in [5.41, 5.74) is 3.69. The summed E-state index contributed by atoms with van der Waals surface area (Å²) in [6.07, 6.45) is 1.52. The highest BCUT2D eigenvalue weighted by molar-refractivity contribution is 7.13. The van der Waals surface area contributed by atoms with E-state index in [2.05, 4.69) is 25.8 Å². The van der Waals surface area contributed by atoms with Crippen LogP contribution in [0.15, 0.2) is 54.2 Å². The molecule has 0 bridgehead atoms. The third-order valence-corrected chi connectivity index (χ3v) is 4.99. The van der Waals surface area contributed by atoms with Gasteiger partial charge in [0.25, 0.3) is 5.91 Å². The molecular formula is C18H13ClN6OS. The van der Waals surface area contributed by atoms with E-state index in [4.69, 9.17) is 11.6 Å². The van der Waals surface area contributed by atoms with E-state index in [0.717, 1.165) is 21.8 Å². The Morgan fingerprint density at radius 2 is 2.11 bits per heavy atom. The quantitative estimate of drug-likeness (QED) is 0.563. The van der Waals surface area contributed by atoms with Gasteiger partial charge in [0.1, 0.15) is 17.0 Å². The van der Waals surface area contributed by atoms with Crippen LogP contribution in [0.1, 0.15) is 16.1 Å². The second-order valence-electron chi connectivity index (χ2n) is 5.76. The summed E-state index contributed by atoms with van der Waals surface area (Å²) in [7, 11) is 0. The van der Waals surface area contributed by atoms with Gasteiger partial charge in [-0.3, -0.25) is 4.79 Å². The van der Waals surface area contributed by atoms with Crippen LogP contribution in [0.25, 0.3) is 16.3 Å². The summed E-state index contributed by atoms with van der Waals surface area (Å²) in [5, 5.41) is 17.1. The van der Waals surface area contributed by atoms with Gasteiger partial charge in [0.2, 0.25) is 0 Å². The zero-order valence-electron chi connectivity index (χ0n) is 14.1. The minimum Gasteiger partial charge on any atom is -0.321 e. The molecule has 2 aromatic heterocycles. The van der Waals surface area contributed by atoms with Crippen molar-refractivity contribution in [3.8, 4) is 16.3 Å². The minimum atomic E-state index is -0.269. The number of aryl methyl sites for hydroxylation is 1. The van der Waals surface area contributed by atoms with Crippen molar-refractivity contribution in [2.75, 3.05) is 5.32 Å². The molecule has 0 saturated carbocycles. The third kappa shape index (κ3) is 3.71. The molecule has 4 aromatic rings. The van der Waals surface area contributed by atoms with Gasteiger partial charge in [0.05, 0.1) is 5.69 Å². The number of nitrogens with zero attached hydrogens (tertiary/aromatic N) is 5. The fourth-order valence-corrected chi connectivity index (χ4v) is 3.58. The highest BCUT2D eigenvalue weighted by atomic mass is 35.5. The number of hydrogen-bond donors (Lipinski definition) is 1. The van der Waals surface area contributed by atoms with E-state index in [1.165, 1.54) is 17.7 Å². The van der Waals surface area contributed by atoms with Crippen molar-refractivity contribution in [3.63, 3.8) is 0 Å². The Kier molecular flexibility index (Phi) is 4.66. The zero-order chi connectivity index (χ0) is 18.8. The lowest BCUT2D eigenvalue weighted by molar-refractivity contribution is 0.102. The Balaban J connectivity index is 1.52. The number of halogens is 1. The normalized spacial score (nSPS) is 10.7. The van der Waals surface area contributed by atoms with Crippen LogP contribution < -0.4 is 5.32 Å². The Hall–Kier alpha value is -3.10. The maximum atomic E-state index is 12.5. The molecule has 0 spiro atoms. The molecule has 0 aliphatic rings. The molecule has 9 heteroatoms. The lowest BCUT2D eigenvalue weighted by atomic mass is 10.1. The molecule has 4 rings (SSSR count). The summed E-state index contributed by atoms with van der Waals surface area (Å²) in [5.74, 6) is -0.269. The van der Waals surface area contributed by atoms with Gasteiger partial charge in [-0.2, -0.15) is 0 Å². The minimum absolute atomic E-state index is 0.269. The van der Waals surface area contributed by atoms with Crippen molar-refractivity contribution in [2.24, 2.45) is 0 Å². The van der Waals surface area contributed by atoms with Crippen LogP contribution in [0.4, 0.5) is 5.69 Å². The largest absolute Gasteiger partial charge is 0.321 e. The van der Waals surface area contributed by atoms with Crippen LogP contribution in [-0.2, 0) is 0 Å². The summed E-state index contributed by atoms with van der Waals surface area (Å²) in [6, 6.07) is 12.9. The molecule has 0 saturated heterocycles. The lowest BCUT2D eigenvalue weighted by Crippen LogP contribution is -2.12. The van der Waals surface area contributed by atoms with Gasteiger partial charge in [-0.1, -0.05) is 23.7 Å². The second-order valence-corrected chi connectivity index (χ2v) is 7.05. The van der Waals surface area contributed by atoms with E-state index < -0.39 is 0 Å². The number of hydrogen-bond acceptors (Lipinski definition) is 6. The molecule has 2 heterocycles. The highest BCUT2D eigenvalue weighted by Crippen LogP contribution is 2.26. The van der Waals surface area contributed by atoms with Gasteiger partial charge in [-0.15, -0.1) is 16.4 Å². The number of aromatic nitrogens is 5. The predicted molar refractivity (Wildman–Crippen MR) is 104 cm³/mol. The molecule has 0 aliphatic heterocycles. The summed E-state index contributed by atoms with van der Waals surface area (Å²) >= 11 is 7.42. The molecular weight excluding hydrogens is 384 g/mol. The van der Waals surface area contributed by atoms with Gasteiger partial charge < -0.3 is 5.32 Å². The molecule has 0 fully saturated rings. The van der Waals surface area contributed by atoms with Crippen molar-refractivity contribution >= 4 is 34.5 Å². The monoisotopic (exact) mass is 396 g/mol. The van der Waals surface area contributed by atoms with E-state index in [9.17, 15) is 4.79 Å². The first kappa shape index (κ1) is 17.3. The zero-order valence-corrected chi connectivity index (χ0v) is 15.7. The second kappa shape index (κ2) is 7.26. The number of amides is 1. The van der Waals surface area contributed by atoms with Crippen molar-refractivity contribution in [1.82, 2.24) is 25.2 Å². The molecule has 0 aliphatic carbocycles. The van der Waals surface area contributed by atoms with E-state index in [1.54, 1.807) is 22.2 Å². The van der Waals surface area contributed by atoms with Gasteiger partial charge in [-0.05, 0) is 53.2 Å². The molecule has 2 aromatic carbocycles. The Bertz CT molecular complexity index is 1110. The Morgan fingerprint density at radius 1 is 1.22 bits per heavy atom. The average molecular weight is 397 g/mol. The predicted octanol–water partition coefficient (Wildman–Crippen LogP) is 4.00. The van der Waals surface area contributed by atoms with Gasteiger partial charge in [0.15, 0.2) is 0 Å². The number of thiazole rings is 1. The number of tetrazole rings is 1. The van der Waals surface area contributed by atoms with Crippen molar-refractivity contribution in [1.29, 1.82) is 0 Å². The molecule has 7 nitrogen and oxygen atoms in total. The van der Waals surface area contributed by atoms with Crippen LogP contribution in [0.5, 0.6) is 0 Å². The molecule has 0 atom stereocenters. The highest BCUT2D eigenvalue weighted by Gasteiger charge is 2.13. The Labute approximate surface area is 163 Å².